The smallest absolute Gasteiger partial charge is 0.327 e. The van der Waals surface area contributed by atoms with Crippen molar-refractivity contribution in [1.82, 2.24) is 10.3 Å². The average molecular weight is 275 g/mol. The highest BCUT2D eigenvalue weighted by molar-refractivity contribution is 5.92. The fraction of sp³-hybridized carbons (Fsp3) is 0.455. The number of anilines is 1. The van der Waals surface area contributed by atoms with Gasteiger partial charge in [-0.25, -0.2) is 0 Å². The summed E-state index contributed by atoms with van der Waals surface area (Å²) in [4.78, 5) is 25.1. The Balaban J connectivity index is 2.19. The summed E-state index contributed by atoms with van der Waals surface area (Å²) < 4.78 is 37.5. The Morgan fingerprint density at radius 2 is 2.16 bits per heavy atom. The van der Waals surface area contributed by atoms with E-state index in [1.807, 2.05) is 4.98 Å². The number of rotatable bonds is 2. The highest BCUT2D eigenvalue weighted by atomic mass is 19.4. The Hall–Kier alpha value is -1.83. The highest BCUT2D eigenvalue weighted by Gasteiger charge is 2.32. The molecule has 8 heteroatoms. The van der Waals surface area contributed by atoms with E-state index in [4.69, 9.17) is 0 Å². The number of carbonyl (C=O) groups is 1. The van der Waals surface area contributed by atoms with E-state index >= 15 is 0 Å². The molecule has 0 spiro atoms. The topological polar surface area (TPSA) is 74.0 Å². The molecule has 1 atom stereocenters. The molecule has 1 unspecified atom stereocenters. The molecule has 0 radical (unpaired) electrons. The quantitative estimate of drug-likeness (QED) is 0.752. The van der Waals surface area contributed by atoms with Crippen LogP contribution in [-0.2, 0) is 11.0 Å². The molecule has 2 rings (SSSR count). The first-order valence-electron chi connectivity index (χ1n) is 5.69. The third kappa shape index (κ3) is 3.14. The molecule has 2 heterocycles. The van der Waals surface area contributed by atoms with E-state index in [9.17, 15) is 22.8 Å². The third-order valence-electron chi connectivity index (χ3n) is 2.92. The molecular formula is C11H12F3N3O2. The summed E-state index contributed by atoms with van der Waals surface area (Å²) in [7, 11) is 0. The van der Waals surface area contributed by atoms with Gasteiger partial charge in [-0.3, -0.25) is 9.59 Å². The van der Waals surface area contributed by atoms with Crippen molar-refractivity contribution in [2.45, 2.75) is 12.6 Å². The van der Waals surface area contributed by atoms with Crippen molar-refractivity contribution in [2.24, 2.45) is 5.92 Å². The lowest BCUT2D eigenvalue weighted by Crippen LogP contribution is -2.28. The molecule has 1 fully saturated rings. The lowest BCUT2D eigenvalue weighted by atomic mass is 10.1. The predicted octanol–water partition coefficient (Wildman–Crippen LogP) is 0.942. The number of aromatic amines is 1. The fourth-order valence-corrected chi connectivity index (χ4v) is 1.85. The monoisotopic (exact) mass is 275 g/mol. The van der Waals surface area contributed by atoms with E-state index in [0.717, 1.165) is 0 Å². The lowest BCUT2D eigenvalue weighted by molar-refractivity contribution is -0.137. The van der Waals surface area contributed by atoms with Gasteiger partial charge in [-0.15, -0.1) is 0 Å². The number of hydrogen-bond acceptors (Lipinski definition) is 3. The molecule has 19 heavy (non-hydrogen) atoms. The molecule has 0 aliphatic carbocycles. The number of halogens is 3. The maximum absolute atomic E-state index is 12.5. The minimum Gasteiger partial charge on any atom is -0.327 e. The van der Waals surface area contributed by atoms with Crippen LogP contribution in [0.25, 0.3) is 0 Å². The van der Waals surface area contributed by atoms with E-state index in [1.54, 1.807) is 0 Å². The van der Waals surface area contributed by atoms with Crippen molar-refractivity contribution in [3.05, 3.63) is 28.2 Å². The van der Waals surface area contributed by atoms with Gasteiger partial charge in [0.2, 0.25) is 5.91 Å². The maximum Gasteiger partial charge on any atom is 0.417 e. The summed E-state index contributed by atoms with van der Waals surface area (Å²) in [6, 6.07) is 0.638. The number of hydrogen-bond donors (Lipinski definition) is 3. The minimum atomic E-state index is -4.57. The lowest BCUT2D eigenvalue weighted by Gasteiger charge is -2.11. The molecule has 1 aromatic rings. The first-order chi connectivity index (χ1) is 8.88. The van der Waals surface area contributed by atoms with Gasteiger partial charge in [0.15, 0.2) is 0 Å². The number of aromatic nitrogens is 1. The van der Waals surface area contributed by atoms with Crippen molar-refractivity contribution in [1.29, 1.82) is 0 Å². The summed E-state index contributed by atoms with van der Waals surface area (Å²) in [6.07, 6.45) is -3.39. The van der Waals surface area contributed by atoms with Crippen LogP contribution in [0.5, 0.6) is 0 Å². The molecule has 0 aromatic carbocycles. The zero-order valence-electron chi connectivity index (χ0n) is 9.80. The highest BCUT2D eigenvalue weighted by Crippen LogP contribution is 2.29. The molecule has 1 aromatic heterocycles. The van der Waals surface area contributed by atoms with Crippen LogP contribution in [0.3, 0.4) is 0 Å². The Morgan fingerprint density at radius 1 is 1.42 bits per heavy atom. The van der Waals surface area contributed by atoms with Crippen LogP contribution in [0.1, 0.15) is 12.0 Å². The first-order valence-corrected chi connectivity index (χ1v) is 5.69. The molecule has 104 valence electrons. The standard InChI is InChI=1S/C11H12F3N3O2/c12-11(13,14)7-3-8(10(19)16-5-7)17-9(18)6-1-2-15-4-6/h3,5-6,15H,1-2,4H2,(H,16,19)(H,17,18). The van der Waals surface area contributed by atoms with Crippen LogP contribution in [0.15, 0.2) is 17.1 Å². The maximum atomic E-state index is 12.5. The molecule has 3 N–H and O–H groups in total. The molecule has 0 saturated carbocycles. The SMILES string of the molecule is O=C(Nc1cc(C(F)(F)F)c[nH]c1=O)C1CCNC1. The number of carbonyl (C=O) groups excluding carboxylic acids is 1. The zero-order valence-corrected chi connectivity index (χ0v) is 9.80. The molecular weight excluding hydrogens is 263 g/mol. The van der Waals surface area contributed by atoms with Crippen LogP contribution in [0, 0.1) is 5.92 Å². The Morgan fingerprint density at radius 3 is 2.74 bits per heavy atom. The van der Waals surface area contributed by atoms with Gasteiger partial charge in [0.1, 0.15) is 5.69 Å². The predicted molar refractivity (Wildman–Crippen MR) is 61.7 cm³/mol. The summed E-state index contributed by atoms with van der Waals surface area (Å²) in [5, 5.41) is 5.20. The molecule has 1 aliphatic rings. The summed E-state index contributed by atoms with van der Waals surface area (Å²) in [6.45, 7) is 1.14. The summed E-state index contributed by atoms with van der Waals surface area (Å²) in [5.41, 5.74) is -2.15. The average Bonchev–Trinajstić information content (AvgIpc) is 2.84. The second-order valence-electron chi connectivity index (χ2n) is 4.31. The fourth-order valence-electron chi connectivity index (χ4n) is 1.85. The van der Waals surface area contributed by atoms with E-state index in [0.29, 0.717) is 31.8 Å². The first kappa shape index (κ1) is 13.6. The number of H-pyrrole nitrogens is 1. The van der Waals surface area contributed by atoms with E-state index in [-0.39, 0.29) is 11.6 Å². The van der Waals surface area contributed by atoms with E-state index in [2.05, 4.69) is 10.6 Å². The number of alkyl halides is 3. The zero-order chi connectivity index (χ0) is 14.0. The summed E-state index contributed by atoms with van der Waals surface area (Å²) >= 11 is 0. The van der Waals surface area contributed by atoms with Gasteiger partial charge >= 0.3 is 6.18 Å². The van der Waals surface area contributed by atoms with Gasteiger partial charge < -0.3 is 15.6 Å². The number of nitrogens with one attached hydrogen (secondary N) is 3. The van der Waals surface area contributed by atoms with Crippen molar-refractivity contribution >= 4 is 11.6 Å². The van der Waals surface area contributed by atoms with Crippen molar-refractivity contribution in [2.75, 3.05) is 18.4 Å². The van der Waals surface area contributed by atoms with Gasteiger partial charge in [0.05, 0.1) is 11.5 Å². The van der Waals surface area contributed by atoms with Crippen LogP contribution in [0.2, 0.25) is 0 Å². The Kier molecular flexibility index (Phi) is 3.61. The van der Waals surface area contributed by atoms with Gasteiger partial charge in [-0.05, 0) is 19.0 Å². The van der Waals surface area contributed by atoms with Crippen LogP contribution < -0.4 is 16.2 Å². The van der Waals surface area contributed by atoms with Gasteiger partial charge in [0.25, 0.3) is 5.56 Å². The van der Waals surface area contributed by atoms with Crippen molar-refractivity contribution < 1.29 is 18.0 Å². The second-order valence-corrected chi connectivity index (χ2v) is 4.31. The van der Waals surface area contributed by atoms with Gasteiger partial charge in [-0.2, -0.15) is 13.2 Å². The van der Waals surface area contributed by atoms with E-state index in [1.165, 1.54) is 0 Å². The van der Waals surface area contributed by atoms with Crippen LogP contribution >= 0.6 is 0 Å². The van der Waals surface area contributed by atoms with Crippen LogP contribution in [0.4, 0.5) is 18.9 Å². The van der Waals surface area contributed by atoms with Crippen molar-refractivity contribution in [3.8, 4) is 0 Å². The molecule has 1 amide bonds. The molecule has 1 aliphatic heterocycles. The third-order valence-corrected chi connectivity index (χ3v) is 2.92. The van der Waals surface area contributed by atoms with Crippen molar-refractivity contribution in [3.63, 3.8) is 0 Å². The van der Waals surface area contributed by atoms with Gasteiger partial charge in [-0.1, -0.05) is 0 Å². The minimum absolute atomic E-state index is 0.325. The Labute approximate surface area is 106 Å². The number of amides is 1. The molecule has 5 nitrogen and oxygen atoms in total. The molecule has 0 bridgehead atoms. The molecule has 1 saturated heterocycles. The number of pyridine rings is 1. The second kappa shape index (κ2) is 5.04. The Bertz CT molecular complexity index is 533. The normalized spacial score (nSPS) is 19.4. The van der Waals surface area contributed by atoms with Gasteiger partial charge in [0, 0.05) is 12.7 Å². The van der Waals surface area contributed by atoms with E-state index < -0.39 is 23.2 Å². The summed E-state index contributed by atoms with van der Waals surface area (Å²) in [5.74, 6) is -0.774. The largest absolute Gasteiger partial charge is 0.417 e. The van der Waals surface area contributed by atoms with Crippen LogP contribution in [-0.4, -0.2) is 24.0 Å².